The molecule has 0 bridgehead atoms. The minimum absolute atomic E-state index is 0.177. The number of pyridine rings is 1. The standard InChI is InChI=1S/C21H22ClN3/c22-19-7-3-6-17(14-19)21(25-11-4-9-23-10-12-25)18-13-16-5-1-2-8-20(16)24-15-18/h1-3,5-8,13-15,21,23H,4,9-12H2. The highest BCUT2D eigenvalue weighted by molar-refractivity contribution is 6.30. The van der Waals surface area contributed by atoms with Crippen LogP contribution >= 0.6 is 11.6 Å². The quantitative estimate of drug-likeness (QED) is 0.763. The van der Waals surface area contributed by atoms with Crippen LogP contribution in [0.2, 0.25) is 5.02 Å². The SMILES string of the molecule is Clc1cccc(C(c2cnc3ccccc3c2)N2CCCNCC2)c1. The van der Waals surface area contributed by atoms with Crippen LogP contribution in [-0.2, 0) is 0 Å². The zero-order valence-electron chi connectivity index (χ0n) is 14.2. The van der Waals surface area contributed by atoms with Gasteiger partial charge in [-0.25, -0.2) is 0 Å². The Balaban J connectivity index is 1.80. The molecule has 0 spiro atoms. The Labute approximate surface area is 153 Å². The summed E-state index contributed by atoms with van der Waals surface area (Å²) in [4.78, 5) is 7.23. The topological polar surface area (TPSA) is 28.2 Å². The summed E-state index contributed by atoms with van der Waals surface area (Å²) in [6.45, 7) is 4.17. The van der Waals surface area contributed by atoms with Gasteiger partial charge in [-0.1, -0.05) is 41.9 Å². The Morgan fingerprint density at radius 3 is 2.80 bits per heavy atom. The average Bonchev–Trinajstić information content (AvgIpc) is 2.91. The van der Waals surface area contributed by atoms with Crippen LogP contribution in [0.4, 0.5) is 0 Å². The van der Waals surface area contributed by atoms with Gasteiger partial charge >= 0.3 is 0 Å². The van der Waals surface area contributed by atoms with Gasteiger partial charge in [-0.2, -0.15) is 0 Å². The fraction of sp³-hybridized carbons (Fsp3) is 0.286. The first kappa shape index (κ1) is 16.5. The van der Waals surface area contributed by atoms with Crippen molar-refractivity contribution in [1.82, 2.24) is 15.2 Å². The second kappa shape index (κ2) is 7.52. The first-order chi connectivity index (χ1) is 12.3. The summed E-state index contributed by atoms with van der Waals surface area (Å²) in [5.74, 6) is 0. The molecule has 1 atom stereocenters. The van der Waals surface area contributed by atoms with E-state index in [-0.39, 0.29) is 6.04 Å². The van der Waals surface area contributed by atoms with E-state index in [4.69, 9.17) is 16.6 Å². The Kier molecular flexibility index (Phi) is 4.97. The van der Waals surface area contributed by atoms with Crippen molar-refractivity contribution in [3.8, 4) is 0 Å². The van der Waals surface area contributed by atoms with E-state index in [0.29, 0.717) is 0 Å². The van der Waals surface area contributed by atoms with Gasteiger partial charge in [0.25, 0.3) is 0 Å². The molecule has 1 unspecified atom stereocenters. The summed E-state index contributed by atoms with van der Waals surface area (Å²) in [5, 5.41) is 5.45. The Hall–Kier alpha value is -1.94. The number of nitrogens with one attached hydrogen (secondary N) is 1. The van der Waals surface area contributed by atoms with Crippen molar-refractivity contribution in [2.24, 2.45) is 0 Å². The molecule has 4 heteroatoms. The molecule has 1 aromatic heterocycles. The second-order valence-corrected chi connectivity index (χ2v) is 6.99. The molecule has 1 aliphatic heterocycles. The molecule has 1 N–H and O–H groups in total. The van der Waals surface area contributed by atoms with Crippen molar-refractivity contribution < 1.29 is 0 Å². The molecule has 0 amide bonds. The highest BCUT2D eigenvalue weighted by Crippen LogP contribution is 2.31. The zero-order valence-corrected chi connectivity index (χ0v) is 14.9. The van der Waals surface area contributed by atoms with Gasteiger partial charge in [0.05, 0.1) is 11.6 Å². The molecule has 1 saturated heterocycles. The Morgan fingerprint density at radius 2 is 1.88 bits per heavy atom. The molecule has 2 aromatic carbocycles. The third kappa shape index (κ3) is 3.69. The summed E-state index contributed by atoms with van der Waals surface area (Å²) in [5.41, 5.74) is 3.49. The smallest absolute Gasteiger partial charge is 0.0702 e. The van der Waals surface area contributed by atoms with E-state index in [0.717, 1.165) is 43.1 Å². The van der Waals surface area contributed by atoms with E-state index in [9.17, 15) is 0 Å². The van der Waals surface area contributed by atoms with Crippen molar-refractivity contribution in [2.75, 3.05) is 26.2 Å². The van der Waals surface area contributed by atoms with Gasteiger partial charge in [-0.15, -0.1) is 0 Å². The molecule has 3 nitrogen and oxygen atoms in total. The average molecular weight is 352 g/mol. The van der Waals surface area contributed by atoms with Crippen molar-refractivity contribution in [1.29, 1.82) is 0 Å². The first-order valence-corrected chi connectivity index (χ1v) is 9.24. The van der Waals surface area contributed by atoms with Crippen molar-refractivity contribution >= 4 is 22.5 Å². The van der Waals surface area contributed by atoms with E-state index in [2.05, 4.69) is 46.6 Å². The summed E-state index contributed by atoms with van der Waals surface area (Å²) < 4.78 is 0. The monoisotopic (exact) mass is 351 g/mol. The maximum Gasteiger partial charge on any atom is 0.0702 e. The third-order valence-corrected chi connectivity index (χ3v) is 5.07. The van der Waals surface area contributed by atoms with Gasteiger partial charge in [0.2, 0.25) is 0 Å². The number of aromatic nitrogens is 1. The van der Waals surface area contributed by atoms with Crippen LogP contribution < -0.4 is 5.32 Å². The number of rotatable bonds is 3. The molecular formula is C21H22ClN3. The van der Waals surface area contributed by atoms with E-state index in [1.165, 1.54) is 16.5 Å². The van der Waals surface area contributed by atoms with Crippen LogP contribution in [0.25, 0.3) is 10.9 Å². The molecule has 128 valence electrons. The Bertz CT molecular complexity index is 856. The van der Waals surface area contributed by atoms with E-state index < -0.39 is 0 Å². The third-order valence-electron chi connectivity index (χ3n) is 4.83. The van der Waals surface area contributed by atoms with Crippen molar-refractivity contribution in [2.45, 2.75) is 12.5 Å². The molecule has 0 aliphatic carbocycles. The number of fused-ring (bicyclic) bond motifs is 1. The van der Waals surface area contributed by atoms with E-state index in [1.807, 2.05) is 24.4 Å². The van der Waals surface area contributed by atoms with Crippen LogP contribution in [0.5, 0.6) is 0 Å². The maximum atomic E-state index is 6.30. The van der Waals surface area contributed by atoms with E-state index in [1.54, 1.807) is 0 Å². The molecule has 0 radical (unpaired) electrons. The fourth-order valence-electron chi connectivity index (χ4n) is 3.65. The van der Waals surface area contributed by atoms with Crippen molar-refractivity contribution in [3.05, 3.63) is 76.9 Å². The molecule has 1 aliphatic rings. The number of hydrogen-bond donors (Lipinski definition) is 1. The predicted molar refractivity (Wildman–Crippen MR) is 104 cm³/mol. The predicted octanol–water partition coefficient (Wildman–Crippen LogP) is 4.27. The van der Waals surface area contributed by atoms with Crippen molar-refractivity contribution in [3.63, 3.8) is 0 Å². The molecule has 1 fully saturated rings. The molecule has 3 aromatic rings. The molecule has 2 heterocycles. The largest absolute Gasteiger partial charge is 0.315 e. The highest BCUT2D eigenvalue weighted by Gasteiger charge is 2.24. The minimum atomic E-state index is 0.177. The lowest BCUT2D eigenvalue weighted by atomic mass is 9.97. The summed E-state index contributed by atoms with van der Waals surface area (Å²) in [7, 11) is 0. The van der Waals surface area contributed by atoms with Gasteiger partial charge in [-0.05, 0) is 48.4 Å². The number of nitrogens with zero attached hydrogens (tertiary/aromatic N) is 2. The number of benzene rings is 2. The minimum Gasteiger partial charge on any atom is -0.315 e. The van der Waals surface area contributed by atoms with Gasteiger partial charge in [0.1, 0.15) is 0 Å². The number of halogens is 1. The molecule has 4 rings (SSSR count). The van der Waals surface area contributed by atoms with Gasteiger partial charge in [0.15, 0.2) is 0 Å². The highest BCUT2D eigenvalue weighted by atomic mass is 35.5. The van der Waals surface area contributed by atoms with Gasteiger partial charge in [-0.3, -0.25) is 9.88 Å². The van der Waals surface area contributed by atoms with Crippen LogP contribution in [0, 0.1) is 0 Å². The van der Waals surface area contributed by atoms with Crippen LogP contribution in [0.3, 0.4) is 0 Å². The van der Waals surface area contributed by atoms with Gasteiger partial charge < -0.3 is 5.32 Å². The fourth-order valence-corrected chi connectivity index (χ4v) is 3.85. The van der Waals surface area contributed by atoms with Crippen LogP contribution in [0.15, 0.2) is 60.8 Å². The molecule has 0 saturated carbocycles. The lowest BCUT2D eigenvalue weighted by Gasteiger charge is -2.31. The van der Waals surface area contributed by atoms with Crippen LogP contribution in [-0.4, -0.2) is 36.1 Å². The normalized spacial score (nSPS) is 17.3. The molecular weight excluding hydrogens is 330 g/mol. The zero-order chi connectivity index (χ0) is 17.1. The summed E-state index contributed by atoms with van der Waals surface area (Å²) in [6.07, 6.45) is 3.17. The molecule has 25 heavy (non-hydrogen) atoms. The Morgan fingerprint density at radius 1 is 0.960 bits per heavy atom. The van der Waals surface area contributed by atoms with Crippen LogP contribution in [0.1, 0.15) is 23.6 Å². The number of para-hydroxylation sites is 1. The first-order valence-electron chi connectivity index (χ1n) is 8.86. The number of hydrogen-bond acceptors (Lipinski definition) is 3. The summed E-state index contributed by atoms with van der Waals surface area (Å²) >= 11 is 6.30. The van der Waals surface area contributed by atoms with Gasteiger partial charge in [0, 0.05) is 36.2 Å². The lowest BCUT2D eigenvalue weighted by Crippen LogP contribution is -2.33. The maximum absolute atomic E-state index is 6.30. The summed E-state index contributed by atoms with van der Waals surface area (Å²) in [6, 6.07) is 19.0. The second-order valence-electron chi connectivity index (χ2n) is 6.56. The lowest BCUT2D eigenvalue weighted by molar-refractivity contribution is 0.241. The van der Waals surface area contributed by atoms with E-state index >= 15 is 0 Å².